The van der Waals surface area contributed by atoms with Crippen molar-refractivity contribution in [2.24, 2.45) is 0 Å². The summed E-state index contributed by atoms with van der Waals surface area (Å²) in [5, 5.41) is 2.25. The fourth-order valence-corrected chi connectivity index (χ4v) is 9.00. The van der Waals surface area contributed by atoms with Crippen molar-refractivity contribution in [2.45, 2.75) is 12.8 Å². The van der Waals surface area contributed by atoms with Crippen LogP contribution >= 0.6 is 0 Å². The van der Waals surface area contributed by atoms with Crippen LogP contribution in [0.3, 0.4) is 0 Å². The highest BCUT2D eigenvalue weighted by Gasteiger charge is 2.22. The van der Waals surface area contributed by atoms with Gasteiger partial charge in [-0.05, 0) is 96.4 Å². The second-order valence-corrected chi connectivity index (χ2v) is 15.5. The maximum absolute atomic E-state index is 5.21. The molecule has 60 heavy (non-hydrogen) atoms. The first-order valence-electron chi connectivity index (χ1n) is 20.6. The summed E-state index contributed by atoms with van der Waals surface area (Å²) < 4.78 is 0. The molecule has 11 rings (SSSR count). The number of hydrogen-bond donors (Lipinski definition) is 0. The minimum atomic E-state index is 0.641. The molecule has 1 aliphatic carbocycles. The average molecular weight is 766 g/mol. The van der Waals surface area contributed by atoms with E-state index in [1.54, 1.807) is 0 Å². The molecule has 3 nitrogen and oxygen atoms in total. The standard InChI is InChI=1S/C57H39N3/c1-3-16-38(17-4-1)39-30-32-41(33-31-39)56-58-55(40-18-5-2-6-19-40)59-57(60-56)53-35-34-52(49-26-13-14-27-50(49)53)51-29-15-28-48-47-25-12-8-21-43(47)36-42-20-7-10-23-45(42)46-24-11-9-22-44(46)37-54(48)51/h1-35H,36-37H2. The molecule has 3 heteroatoms. The maximum Gasteiger partial charge on any atom is 0.164 e. The largest absolute Gasteiger partial charge is 0.208 e. The van der Waals surface area contributed by atoms with Gasteiger partial charge in [0.15, 0.2) is 17.5 Å². The third-order valence-corrected chi connectivity index (χ3v) is 11.9. The molecule has 282 valence electrons. The van der Waals surface area contributed by atoms with Gasteiger partial charge in [-0.2, -0.15) is 0 Å². The van der Waals surface area contributed by atoms with Crippen LogP contribution in [-0.4, -0.2) is 15.0 Å². The summed E-state index contributed by atoms with van der Waals surface area (Å²) in [6, 6.07) is 76.0. The molecule has 1 aromatic heterocycles. The lowest BCUT2D eigenvalue weighted by atomic mass is 9.81. The Morgan fingerprint density at radius 3 is 1.23 bits per heavy atom. The van der Waals surface area contributed by atoms with Gasteiger partial charge < -0.3 is 0 Å². The fourth-order valence-electron chi connectivity index (χ4n) is 9.00. The summed E-state index contributed by atoms with van der Waals surface area (Å²) in [5.41, 5.74) is 18.1. The third kappa shape index (κ3) is 6.47. The minimum Gasteiger partial charge on any atom is -0.208 e. The number of rotatable bonds is 5. The zero-order chi connectivity index (χ0) is 39.8. The van der Waals surface area contributed by atoms with Crippen molar-refractivity contribution >= 4 is 10.8 Å². The summed E-state index contributed by atoms with van der Waals surface area (Å²) in [6.45, 7) is 0. The third-order valence-electron chi connectivity index (χ3n) is 11.9. The summed E-state index contributed by atoms with van der Waals surface area (Å²) in [6.07, 6.45) is 1.65. The second-order valence-electron chi connectivity index (χ2n) is 15.5. The van der Waals surface area contributed by atoms with Crippen molar-refractivity contribution in [3.8, 4) is 78.7 Å². The molecule has 1 aliphatic rings. The van der Waals surface area contributed by atoms with Crippen LogP contribution in [-0.2, 0) is 12.8 Å². The number of benzene rings is 9. The van der Waals surface area contributed by atoms with Crippen molar-refractivity contribution < 1.29 is 0 Å². The van der Waals surface area contributed by atoms with E-state index in [9.17, 15) is 0 Å². The van der Waals surface area contributed by atoms with Crippen LogP contribution in [0.4, 0.5) is 0 Å². The Morgan fingerprint density at radius 1 is 0.233 bits per heavy atom. The molecule has 0 amide bonds. The zero-order valence-electron chi connectivity index (χ0n) is 33.0. The highest BCUT2D eigenvalue weighted by atomic mass is 15.0. The van der Waals surface area contributed by atoms with E-state index in [1.807, 2.05) is 24.3 Å². The van der Waals surface area contributed by atoms with E-state index < -0.39 is 0 Å². The number of aromatic nitrogens is 3. The Kier molecular flexibility index (Phi) is 8.98. The van der Waals surface area contributed by atoms with Gasteiger partial charge in [0.2, 0.25) is 0 Å². The summed E-state index contributed by atoms with van der Waals surface area (Å²) in [4.78, 5) is 15.4. The Hall–Kier alpha value is -7.75. The lowest BCUT2D eigenvalue weighted by Crippen LogP contribution is -2.04. The van der Waals surface area contributed by atoms with Gasteiger partial charge in [0, 0.05) is 16.7 Å². The SMILES string of the molecule is c1ccc(-c2ccc(-c3nc(-c4ccccc4)nc(-c4ccc(-c5cccc6c5Cc5ccccc5-c5ccccc5Cc5ccccc5-6)c5ccccc45)n3)cc2)cc1. The molecule has 0 saturated carbocycles. The summed E-state index contributed by atoms with van der Waals surface area (Å²) in [7, 11) is 0. The van der Waals surface area contributed by atoms with Gasteiger partial charge in [0.1, 0.15) is 0 Å². The molecule has 0 bridgehead atoms. The Balaban J connectivity index is 1.09. The van der Waals surface area contributed by atoms with Gasteiger partial charge in [-0.15, -0.1) is 0 Å². The van der Waals surface area contributed by atoms with Crippen LogP contribution in [0.15, 0.2) is 212 Å². The molecule has 0 N–H and O–H groups in total. The van der Waals surface area contributed by atoms with Crippen molar-refractivity contribution in [2.75, 3.05) is 0 Å². The predicted octanol–water partition coefficient (Wildman–Crippen LogP) is 14.2. The fraction of sp³-hybridized carbons (Fsp3) is 0.0351. The quantitative estimate of drug-likeness (QED) is 0.175. The second kappa shape index (κ2) is 15.2. The van der Waals surface area contributed by atoms with E-state index in [0.717, 1.165) is 45.9 Å². The monoisotopic (exact) mass is 765 g/mol. The van der Waals surface area contributed by atoms with Crippen LogP contribution in [0.1, 0.15) is 22.3 Å². The molecule has 0 spiro atoms. The maximum atomic E-state index is 5.21. The molecular weight excluding hydrogens is 727 g/mol. The summed E-state index contributed by atoms with van der Waals surface area (Å²) in [5.74, 6) is 1.93. The molecule has 1 heterocycles. The van der Waals surface area contributed by atoms with Crippen LogP contribution < -0.4 is 0 Å². The zero-order valence-corrected chi connectivity index (χ0v) is 33.0. The van der Waals surface area contributed by atoms with Gasteiger partial charge in [-0.1, -0.05) is 206 Å². The van der Waals surface area contributed by atoms with E-state index in [2.05, 4.69) is 188 Å². The number of hydrogen-bond acceptors (Lipinski definition) is 3. The van der Waals surface area contributed by atoms with Gasteiger partial charge >= 0.3 is 0 Å². The molecule has 0 unspecified atom stereocenters. The van der Waals surface area contributed by atoms with Crippen molar-refractivity contribution in [1.82, 2.24) is 15.0 Å². The Bertz CT molecular complexity index is 3190. The minimum absolute atomic E-state index is 0.641. The summed E-state index contributed by atoms with van der Waals surface area (Å²) >= 11 is 0. The van der Waals surface area contributed by atoms with Crippen molar-refractivity contribution in [3.05, 3.63) is 235 Å². The highest BCUT2D eigenvalue weighted by Crippen LogP contribution is 2.43. The van der Waals surface area contributed by atoms with Crippen LogP contribution in [0.5, 0.6) is 0 Å². The number of fused-ring (bicyclic) bond motifs is 7. The first-order valence-corrected chi connectivity index (χ1v) is 20.6. The molecule has 0 radical (unpaired) electrons. The van der Waals surface area contributed by atoms with E-state index in [-0.39, 0.29) is 0 Å². The van der Waals surface area contributed by atoms with Crippen molar-refractivity contribution in [3.63, 3.8) is 0 Å². The molecule has 0 aliphatic heterocycles. The lowest BCUT2D eigenvalue weighted by molar-refractivity contribution is 1.08. The predicted molar refractivity (Wildman–Crippen MR) is 247 cm³/mol. The van der Waals surface area contributed by atoms with Gasteiger partial charge in [-0.3, -0.25) is 0 Å². The van der Waals surface area contributed by atoms with E-state index in [1.165, 1.54) is 61.2 Å². The molecule has 0 atom stereocenters. The smallest absolute Gasteiger partial charge is 0.164 e. The van der Waals surface area contributed by atoms with Gasteiger partial charge in [-0.25, -0.2) is 15.0 Å². The van der Waals surface area contributed by atoms with Gasteiger partial charge in [0.25, 0.3) is 0 Å². The Labute approximate surface area is 350 Å². The molecule has 9 aromatic carbocycles. The normalized spacial score (nSPS) is 11.9. The first kappa shape index (κ1) is 35.4. The first-order chi connectivity index (χ1) is 29.7. The molecule has 0 fully saturated rings. The molecule has 0 saturated heterocycles. The molecular formula is C57H39N3. The molecule has 10 aromatic rings. The average Bonchev–Trinajstić information content (AvgIpc) is 3.32. The highest BCUT2D eigenvalue weighted by molar-refractivity contribution is 6.05. The van der Waals surface area contributed by atoms with E-state index in [0.29, 0.717) is 17.5 Å². The van der Waals surface area contributed by atoms with Crippen LogP contribution in [0.2, 0.25) is 0 Å². The lowest BCUT2D eigenvalue weighted by Gasteiger charge is -2.23. The van der Waals surface area contributed by atoms with Crippen molar-refractivity contribution in [1.29, 1.82) is 0 Å². The van der Waals surface area contributed by atoms with E-state index in [4.69, 9.17) is 15.0 Å². The van der Waals surface area contributed by atoms with Crippen LogP contribution in [0, 0.1) is 0 Å². The van der Waals surface area contributed by atoms with E-state index >= 15 is 0 Å². The Morgan fingerprint density at radius 2 is 0.617 bits per heavy atom. The van der Waals surface area contributed by atoms with Crippen LogP contribution in [0.25, 0.3) is 89.4 Å². The topological polar surface area (TPSA) is 38.7 Å². The van der Waals surface area contributed by atoms with Gasteiger partial charge in [0.05, 0.1) is 0 Å². The number of nitrogens with zero attached hydrogens (tertiary/aromatic N) is 3.